The molecule has 4 aliphatic rings. The van der Waals surface area contributed by atoms with Gasteiger partial charge in [-0.2, -0.15) is 0 Å². The summed E-state index contributed by atoms with van der Waals surface area (Å²) >= 11 is 0. The molecule has 304 valence electrons. The number of carbonyl (C=O) groups is 1. The minimum Gasteiger partial charge on any atom is -0.458 e. The van der Waals surface area contributed by atoms with E-state index in [-0.39, 0.29) is 40.7 Å². The first kappa shape index (κ1) is 44.9. The van der Waals surface area contributed by atoms with E-state index in [0.29, 0.717) is 24.7 Å². The highest BCUT2D eigenvalue weighted by Gasteiger charge is 2.59. The van der Waals surface area contributed by atoms with Gasteiger partial charge in [0.25, 0.3) is 0 Å². The molecule has 0 aromatic rings. The van der Waals surface area contributed by atoms with Crippen LogP contribution in [0.15, 0.2) is 34.9 Å². The highest BCUT2D eigenvalue weighted by atomic mass is 28.4. The summed E-state index contributed by atoms with van der Waals surface area (Å²) in [7, 11) is -5.39. The van der Waals surface area contributed by atoms with Crippen LogP contribution in [0.25, 0.3) is 0 Å². The maximum absolute atomic E-state index is 13.4. The standard InChI is InChI=1S/C45H82O5Si3/c1-15-51(16-2,17-3)48-36-32-35-24-25-37-39-27-26-38(34(10)47-42(46)29-30-43(11,12)50-53(21-7,22-8)23-9)44(39,13)31-28-40(37)45(35,14)41(33-36)49-52(18-4,19-5)20-6/h24-26,34,36,39-41H,15-23,27-33H2,1-14H3/t34-,36+,39-,40-,41-,44+,45-/m0/s1. The van der Waals surface area contributed by atoms with Gasteiger partial charge in [0.2, 0.25) is 0 Å². The first-order valence-electron chi connectivity index (χ1n) is 22.4. The lowest BCUT2D eigenvalue weighted by Crippen LogP contribution is -2.57. The predicted molar refractivity (Wildman–Crippen MR) is 232 cm³/mol. The van der Waals surface area contributed by atoms with Crippen molar-refractivity contribution in [1.82, 2.24) is 0 Å². The van der Waals surface area contributed by atoms with Crippen molar-refractivity contribution in [2.45, 2.75) is 220 Å². The van der Waals surface area contributed by atoms with Crippen molar-refractivity contribution in [2.24, 2.45) is 22.7 Å². The van der Waals surface area contributed by atoms with Crippen LogP contribution in [0.2, 0.25) is 54.4 Å². The highest BCUT2D eigenvalue weighted by molar-refractivity contribution is 6.74. The Labute approximate surface area is 330 Å². The van der Waals surface area contributed by atoms with Gasteiger partial charge in [0, 0.05) is 11.8 Å². The zero-order chi connectivity index (χ0) is 39.5. The molecule has 0 amide bonds. The number of esters is 1. The quantitative estimate of drug-likeness (QED) is 0.0699. The van der Waals surface area contributed by atoms with Crippen LogP contribution in [-0.2, 0) is 22.8 Å². The smallest absolute Gasteiger partial charge is 0.306 e. The van der Waals surface area contributed by atoms with Crippen LogP contribution in [-0.4, -0.2) is 54.8 Å². The number of carbonyl (C=O) groups excluding carboxylic acids is 1. The van der Waals surface area contributed by atoms with E-state index >= 15 is 0 Å². The lowest BCUT2D eigenvalue weighted by molar-refractivity contribution is -0.148. The minimum atomic E-state index is -1.87. The molecule has 5 nitrogen and oxygen atoms in total. The Kier molecular flexibility index (Phi) is 15.1. The van der Waals surface area contributed by atoms with Crippen molar-refractivity contribution in [3.63, 3.8) is 0 Å². The average Bonchev–Trinajstić information content (AvgIpc) is 3.52. The van der Waals surface area contributed by atoms with Gasteiger partial charge in [-0.05, 0) is 137 Å². The van der Waals surface area contributed by atoms with Gasteiger partial charge in [0.1, 0.15) is 6.10 Å². The van der Waals surface area contributed by atoms with Gasteiger partial charge >= 0.3 is 5.97 Å². The summed E-state index contributed by atoms with van der Waals surface area (Å²) < 4.78 is 28.0. The average molecular weight is 787 g/mol. The molecule has 0 bridgehead atoms. The second-order valence-electron chi connectivity index (χ2n) is 18.6. The summed E-state index contributed by atoms with van der Waals surface area (Å²) in [5.41, 5.74) is 4.20. The van der Waals surface area contributed by atoms with Crippen LogP contribution in [0.5, 0.6) is 0 Å². The van der Waals surface area contributed by atoms with Gasteiger partial charge in [-0.25, -0.2) is 0 Å². The summed E-state index contributed by atoms with van der Waals surface area (Å²) in [6, 6.07) is 10.5. The van der Waals surface area contributed by atoms with Crippen LogP contribution in [0.4, 0.5) is 0 Å². The SMILES string of the molecule is CC[Si](CC)(CC)O[C@@H]1CC2=CC=C3[C@H](CC[C@]4(C)C([C@H](C)OC(=O)CCC(C)(C)O[Si](CC)(CC)CC)=CC[C@@H]34)[C@@]2(C)[C@@H](O[Si](CC)(CC)CC)C1. The van der Waals surface area contributed by atoms with Gasteiger partial charge in [0.05, 0.1) is 17.8 Å². The van der Waals surface area contributed by atoms with Crippen LogP contribution < -0.4 is 0 Å². The largest absolute Gasteiger partial charge is 0.458 e. The summed E-state index contributed by atoms with van der Waals surface area (Å²) in [5.74, 6) is 0.822. The number of allylic oxidation sites excluding steroid dienone is 4. The summed E-state index contributed by atoms with van der Waals surface area (Å²) in [6.45, 7) is 32.5. The van der Waals surface area contributed by atoms with Crippen LogP contribution >= 0.6 is 0 Å². The second kappa shape index (κ2) is 17.8. The molecular formula is C45H82O5Si3. The molecule has 53 heavy (non-hydrogen) atoms. The first-order valence-corrected chi connectivity index (χ1v) is 29.9. The van der Waals surface area contributed by atoms with Crippen molar-refractivity contribution in [1.29, 1.82) is 0 Å². The molecule has 0 aliphatic heterocycles. The summed E-state index contributed by atoms with van der Waals surface area (Å²) in [4.78, 5) is 13.4. The minimum absolute atomic E-state index is 0.000702. The van der Waals surface area contributed by atoms with Crippen molar-refractivity contribution in [3.05, 3.63) is 34.9 Å². The molecule has 4 rings (SSSR count). The fraction of sp³-hybridized carbons (Fsp3) is 0.844. The maximum Gasteiger partial charge on any atom is 0.306 e. The van der Waals surface area contributed by atoms with Crippen molar-refractivity contribution >= 4 is 30.9 Å². The molecule has 0 radical (unpaired) electrons. The van der Waals surface area contributed by atoms with Crippen LogP contribution in [0.3, 0.4) is 0 Å². The number of hydrogen-bond donors (Lipinski definition) is 0. The molecule has 0 N–H and O–H groups in total. The Hall–Kier alpha value is -0.779. The second-order valence-corrected chi connectivity index (χ2v) is 32.7. The molecule has 0 aromatic heterocycles. The first-order chi connectivity index (χ1) is 25.0. The third-order valence-corrected chi connectivity index (χ3v) is 30.2. The Morgan fingerprint density at radius 2 is 1.36 bits per heavy atom. The van der Waals surface area contributed by atoms with E-state index in [4.69, 9.17) is 18.0 Å². The third kappa shape index (κ3) is 8.88. The fourth-order valence-corrected chi connectivity index (χ4v) is 20.5. The zero-order valence-electron chi connectivity index (χ0n) is 37.0. The molecule has 8 heteroatoms. The van der Waals surface area contributed by atoms with Crippen molar-refractivity contribution < 1.29 is 22.8 Å². The van der Waals surface area contributed by atoms with Crippen LogP contribution in [0, 0.1) is 22.7 Å². The molecule has 2 saturated carbocycles. The number of ether oxygens (including phenoxy) is 1. The topological polar surface area (TPSA) is 54.0 Å². The summed E-state index contributed by atoms with van der Waals surface area (Å²) in [5, 5.41) is 0. The Bertz CT molecular complexity index is 1320. The third-order valence-electron chi connectivity index (χ3n) is 16.0. The molecule has 4 aliphatic carbocycles. The molecule has 0 unspecified atom stereocenters. The Balaban J connectivity index is 1.55. The van der Waals surface area contributed by atoms with E-state index in [0.717, 1.165) is 50.2 Å². The molecular weight excluding hydrogens is 705 g/mol. The van der Waals surface area contributed by atoms with Gasteiger partial charge < -0.3 is 18.0 Å². The Morgan fingerprint density at radius 3 is 1.91 bits per heavy atom. The normalized spacial score (nSPS) is 29.7. The van der Waals surface area contributed by atoms with Crippen molar-refractivity contribution in [3.8, 4) is 0 Å². The molecule has 7 atom stereocenters. The Morgan fingerprint density at radius 1 is 0.811 bits per heavy atom. The van der Waals surface area contributed by atoms with Gasteiger partial charge in [-0.3, -0.25) is 4.79 Å². The lowest BCUT2D eigenvalue weighted by atomic mass is 9.49. The molecule has 0 spiro atoms. The fourth-order valence-electron chi connectivity index (χ4n) is 11.5. The summed E-state index contributed by atoms with van der Waals surface area (Å²) in [6.07, 6.45) is 14.2. The van der Waals surface area contributed by atoms with Gasteiger partial charge in [-0.15, -0.1) is 0 Å². The maximum atomic E-state index is 13.4. The van der Waals surface area contributed by atoms with E-state index in [1.807, 2.05) is 0 Å². The molecule has 2 fully saturated rings. The van der Waals surface area contributed by atoms with E-state index < -0.39 is 25.0 Å². The number of hydrogen-bond acceptors (Lipinski definition) is 5. The van der Waals surface area contributed by atoms with Gasteiger partial charge in [-0.1, -0.05) is 106 Å². The monoisotopic (exact) mass is 787 g/mol. The molecule has 0 heterocycles. The van der Waals surface area contributed by atoms with E-state index in [1.165, 1.54) is 41.8 Å². The van der Waals surface area contributed by atoms with E-state index in [1.54, 1.807) is 11.1 Å². The number of rotatable bonds is 20. The van der Waals surface area contributed by atoms with E-state index in [9.17, 15) is 4.79 Å². The predicted octanol–water partition coefficient (Wildman–Crippen LogP) is 13.3. The highest BCUT2D eigenvalue weighted by Crippen LogP contribution is 2.65. The van der Waals surface area contributed by atoms with Crippen molar-refractivity contribution in [2.75, 3.05) is 0 Å². The van der Waals surface area contributed by atoms with E-state index in [2.05, 4.69) is 115 Å². The zero-order valence-corrected chi connectivity index (χ0v) is 40.0. The number of fused-ring (bicyclic) bond motifs is 5. The molecule has 0 aromatic carbocycles. The van der Waals surface area contributed by atoms with Gasteiger partial charge in [0.15, 0.2) is 25.0 Å². The molecule has 0 saturated heterocycles. The lowest BCUT2D eigenvalue weighted by Gasteiger charge is -2.59. The van der Waals surface area contributed by atoms with Crippen LogP contribution in [0.1, 0.15) is 142 Å².